The summed E-state index contributed by atoms with van der Waals surface area (Å²) in [6.45, 7) is 4.67. The van der Waals surface area contributed by atoms with Crippen LogP contribution in [0.1, 0.15) is 34.9 Å². The number of aromatic nitrogens is 2. The number of hydrogen-bond acceptors (Lipinski definition) is 5. The quantitative estimate of drug-likeness (QED) is 0.351. The monoisotopic (exact) mass is 476 g/mol. The van der Waals surface area contributed by atoms with Crippen LogP contribution in [0.25, 0.3) is 17.0 Å². The van der Waals surface area contributed by atoms with E-state index in [1.165, 1.54) is 17.0 Å². The molecule has 33 heavy (non-hydrogen) atoms. The zero-order chi connectivity index (χ0) is 22.9. The third kappa shape index (κ3) is 4.31. The molecule has 2 aromatic heterocycles. The molecule has 1 aliphatic rings. The molecule has 3 heterocycles. The Morgan fingerprint density at radius 3 is 2.55 bits per heavy atom. The minimum Gasteiger partial charge on any atom is -0.351 e. The molecule has 2 aromatic carbocycles. The van der Waals surface area contributed by atoms with E-state index in [1.807, 2.05) is 54.5 Å². The Hall–Kier alpha value is -3.36. The molecule has 5 nitrogen and oxygen atoms in total. The first-order chi connectivity index (χ1) is 16.0. The second-order valence-corrected chi connectivity index (χ2v) is 9.31. The van der Waals surface area contributed by atoms with Gasteiger partial charge in [0.05, 0.1) is 18.2 Å². The maximum Gasteiger partial charge on any atom is 0.258 e. The standard InChI is InChI=1S/C25H21FN4OS2/c1-15-5-7-18(8-6-15)23-28-24(31-29-23)21-16(2)30(14-20-4-3-13-33-20)25(32)27-22(21)17-9-11-19(26)12-10-17/h3-13,22H,14H2,1-2H3,(H,27,32). The molecular weight excluding hydrogens is 455 g/mol. The van der Waals surface area contributed by atoms with Gasteiger partial charge in [0.2, 0.25) is 5.82 Å². The van der Waals surface area contributed by atoms with E-state index < -0.39 is 0 Å². The van der Waals surface area contributed by atoms with Crippen molar-refractivity contribution < 1.29 is 8.91 Å². The smallest absolute Gasteiger partial charge is 0.258 e. The number of thiophene rings is 1. The van der Waals surface area contributed by atoms with Gasteiger partial charge >= 0.3 is 0 Å². The molecule has 0 aliphatic carbocycles. The number of allylic oxidation sites excluding steroid dienone is 1. The van der Waals surface area contributed by atoms with E-state index in [9.17, 15) is 4.39 Å². The topological polar surface area (TPSA) is 54.2 Å². The third-order valence-corrected chi connectivity index (χ3v) is 6.86. The number of nitrogens with zero attached hydrogens (tertiary/aromatic N) is 3. The summed E-state index contributed by atoms with van der Waals surface area (Å²) in [5.41, 5.74) is 4.63. The van der Waals surface area contributed by atoms with Crippen molar-refractivity contribution in [1.82, 2.24) is 20.4 Å². The zero-order valence-electron chi connectivity index (χ0n) is 18.1. The lowest BCUT2D eigenvalue weighted by Gasteiger charge is -2.37. The Kier molecular flexibility index (Phi) is 5.78. The van der Waals surface area contributed by atoms with E-state index in [-0.39, 0.29) is 11.9 Å². The second kappa shape index (κ2) is 8.88. The van der Waals surface area contributed by atoms with Gasteiger partial charge in [-0.25, -0.2) is 4.39 Å². The highest BCUT2D eigenvalue weighted by molar-refractivity contribution is 7.80. The van der Waals surface area contributed by atoms with E-state index in [0.717, 1.165) is 28.0 Å². The first-order valence-electron chi connectivity index (χ1n) is 10.5. The van der Waals surface area contributed by atoms with Crippen LogP contribution in [0, 0.1) is 12.7 Å². The molecule has 0 saturated carbocycles. The van der Waals surface area contributed by atoms with Gasteiger partial charge in [-0.1, -0.05) is 53.2 Å². The lowest BCUT2D eigenvalue weighted by atomic mass is 9.94. The van der Waals surface area contributed by atoms with Crippen molar-refractivity contribution in [2.24, 2.45) is 0 Å². The fourth-order valence-electron chi connectivity index (χ4n) is 3.87. The minimum absolute atomic E-state index is 0.293. The van der Waals surface area contributed by atoms with Crippen LogP contribution in [0.5, 0.6) is 0 Å². The number of benzene rings is 2. The number of thiocarbonyl (C=S) groups is 1. The van der Waals surface area contributed by atoms with Gasteiger partial charge in [0, 0.05) is 16.1 Å². The fraction of sp³-hybridized carbons (Fsp3) is 0.160. The van der Waals surface area contributed by atoms with Crippen molar-refractivity contribution in [1.29, 1.82) is 0 Å². The van der Waals surface area contributed by atoms with E-state index in [4.69, 9.17) is 21.7 Å². The summed E-state index contributed by atoms with van der Waals surface area (Å²) in [6.07, 6.45) is 0. The molecule has 0 spiro atoms. The normalized spacial score (nSPS) is 16.3. The Labute approximate surface area is 200 Å². The summed E-state index contributed by atoms with van der Waals surface area (Å²) < 4.78 is 19.4. The Balaban J connectivity index is 1.59. The number of halogens is 1. The maximum atomic E-state index is 13.6. The number of hydrogen-bond donors (Lipinski definition) is 1. The number of nitrogens with one attached hydrogen (secondary N) is 1. The summed E-state index contributed by atoms with van der Waals surface area (Å²) in [6, 6.07) is 18.1. The van der Waals surface area contributed by atoms with Crippen molar-refractivity contribution >= 4 is 34.2 Å². The maximum absolute atomic E-state index is 13.6. The first kappa shape index (κ1) is 21.5. The van der Waals surface area contributed by atoms with Crippen LogP contribution in [0.3, 0.4) is 0 Å². The Bertz CT molecular complexity index is 1310. The molecule has 0 amide bonds. The number of rotatable bonds is 5. The highest BCUT2D eigenvalue weighted by Gasteiger charge is 2.34. The van der Waals surface area contributed by atoms with Gasteiger partial charge in [-0.15, -0.1) is 11.3 Å². The van der Waals surface area contributed by atoms with Gasteiger partial charge < -0.3 is 14.7 Å². The molecule has 0 radical (unpaired) electrons. The molecule has 166 valence electrons. The third-order valence-electron chi connectivity index (χ3n) is 5.66. The molecule has 0 saturated heterocycles. The van der Waals surface area contributed by atoms with Crippen molar-refractivity contribution in [3.63, 3.8) is 0 Å². The molecule has 0 fully saturated rings. The summed E-state index contributed by atoms with van der Waals surface area (Å²) in [5, 5.41) is 10.3. The molecular formula is C25H21FN4OS2. The molecule has 8 heteroatoms. The summed E-state index contributed by atoms with van der Waals surface area (Å²) in [5.74, 6) is 0.628. The second-order valence-electron chi connectivity index (χ2n) is 7.89. The van der Waals surface area contributed by atoms with Crippen LogP contribution >= 0.6 is 23.6 Å². The highest BCUT2D eigenvalue weighted by Crippen LogP contribution is 2.38. The van der Waals surface area contributed by atoms with Gasteiger partial charge in [-0.05, 0) is 55.2 Å². The van der Waals surface area contributed by atoms with Crippen LogP contribution in [0.2, 0.25) is 0 Å². The average molecular weight is 477 g/mol. The van der Waals surface area contributed by atoms with Crippen LogP contribution < -0.4 is 5.32 Å². The predicted octanol–water partition coefficient (Wildman–Crippen LogP) is 6.11. The molecule has 4 aromatic rings. The molecule has 1 aliphatic heterocycles. The molecule has 0 bridgehead atoms. The fourth-order valence-corrected chi connectivity index (χ4v) is 4.88. The van der Waals surface area contributed by atoms with E-state index in [0.29, 0.717) is 23.4 Å². The van der Waals surface area contributed by atoms with Crippen LogP contribution in [0.15, 0.2) is 76.3 Å². The molecule has 1 unspecified atom stereocenters. The summed E-state index contributed by atoms with van der Waals surface area (Å²) >= 11 is 7.40. The highest BCUT2D eigenvalue weighted by atomic mass is 32.1. The molecule has 1 N–H and O–H groups in total. The molecule has 1 atom stereocenters. The van der Waals surface area contributed by atoms with E-state index in [1.54, 1.807) is 23.5 Å². The minimum atomic E-state index is -0.344. The van der Waals surface area contributed by atoms with Gasteiger partial charge in [-0.3, -0.25) is 0 Å². The van der Waals surface area contributed by atoms with Gasteiger partial charge in [0.25, 0.3) is 5.89 Å². The Morgan fingerprint density at radius 1 is 1.09 bits per heavy atom. The van der Waals surface area contributed by atoms with Crippen LogP contribution in [0.4, 0.5) is 4.39 Å². The predicted molar refractivity (Wildman–Crippen MR) is 132 cm³/mol. The van der Waals surface area contributed by atoms with Crippen molar-refractivity contribution in [3.05, 3.63) is 99.5 Å². The summed E-state index contributed by atoms with van der Waals surface area (Å²) in [7, 11) is 0. The lowest BCUT2D eigenvalue weighted by molar-refractivity contribution is 0.396. The van der Waals surface area contributed by atoms with Crippen molar-refractivity contribution in [2.45, 2.75) is 26.4 Å². The number of aryl methyl sites for hydroxylation is 1. The van der Waals surface area contributed by atoms with E-state index in [2.05, 4.69) is 16.5 Å². The van der Waals surface area contributed by atoms with Crippen LogP contribution in [-0.4, -0.2) is 20.2 Å². The van der Waals surface area contributed by atoms with Crippen LogP contribution in [-0.2, 0) is 6.54 Å². The average Bonchev–Trinajstić information content (AvgIpc) is 3.50. The van der Waals surface area contributed by atoms with Gasteiger partial charge in [-0.2, -0.15) is 4.98 Å². The first-order valence-corrected chi connectivity index (χ1v) is 11.8. The lowest BCUT2D eigenvalue weighted by Crippen LogP contribution is -2.45. The SMILES string of the molecule is CC1=C(c2nc(-c3ccc(C)cc3)no2)C(c2ccc(F)cc2)NC(=S)N1Cc1cccs1. The zero-order valence-corrected chi connectivity index (χ0v) is 19.7. The molecule has 5 rings (SSSR count). The van der Waals surface area contributed by atoms with Gasteiger partial charge in [0.1, 0.15) is 5.82 Å². The largest absolute Gasteiger partial charge is 0.351 e. The van der Waals surface area contributed by atoms with Gasteiger partial charge in [0.15, 0.2) is 5.11 Å². The Morgan fingerprint density at radius 2 is 1.85 bits per heavy atom. The van der Waals surface area contributed by atoms with Crippen molar-refractivity contribution in [3.8, 4) is 11.4 Å². The summed E-state index contributed by atoms with van der Waals surface area (Å²) in [4.78, 5) is 7.94. The van der Waals surface area contributed by atoms with E-state index >= 15 is 0 Å². The van der Waals surface area contributed by atoms with Crippen molar-refractivity contribution in [2.75, 3.05) is 0 Å².